The number of urea groups is 1. The van der Waals surface area contributed by atoms with Crippen LogP contribution in [-0.2, 0) is 17.8 Å². The average Bonchev–Trinajstić information content (AvgIpc) is 3.17. The lowest BCUT2D eigenvalue weighted by Crippen LogP contribution is -2.32. The van der Waals surface area contributed by atoms with E-state index in [4.69, 9.17) is 11.6 Å². The molecule has 1 aliphatic heterocycles. The van der Waals surface area contributed by atoms with Gasteiger partial charge in [0, 0.05) is 23.6 Å². The van der Waals surface area contributed by atoms with E-state index < -0.39 is 29.6 Å². The molecule has 0 saturated carbocycles. The van der Waals surface area contributed by atoms with Gasteiger partial charge in [0.2, 0.25) is 0 Å². The van der Waals surface area contributed by atoms with Crippen LogP contribution in [0.4, 0.5) is 13.6 Å². The molecule has 2 aromatic carbocycles. The zero-order valence-electron chi connectivity index (χ0n) is 13.9. The molecular weight excluding hydrogens is 388 g/mol. The lowest BCUT2D eigenvalue weighted by Gasteiger charge is -2.13. The van der Waals surface area contributed by atoms with E-state index in [1.165, 1.54) is 18.2 Å². The minimum Gasteiger partial charge on any atom is -0.360 e. The minimum atomic E-state index is -0.785. The summed E-state index contributed by atoms with van der Waals surface area (Å²) in [5, 5.41) is 3.27. The predicted molar refractivity (Wildman–Crippen MR) is 103 cm³/mol. The highest BCUT2D eigenvalue weighted by Gasteiger charge is 2.38. The molecule has 0 spiro atoms. The summed E-state index contributed by atoms with van der Waals surface area (Å²) in [4.78, 5) is 28.7. The summed E-state index contributed by atoms with van der Waals surface area (Å²) in [5.74, 6) is -1.46. The molecule has 146 valence electrons. The maximum absolute atomic E-state index is 13.8. The molecule has 3 aromatic rings. The number of fused-ring (bicyclic) bond motifs is 1. The first-order valence-electron chi connectivity index (χ1n) is 8.25. The monoisotopic (exact) mass is 405 g/mol. The molecule has 1 aliphatic rings. The number of rotatable bonds is 4. The van der Waals surface area contributed by atoms with Crippen molar-refractivity contribution >= 4 is 34.4 Å². The molecular formula is C20H18ClF2N3O2. The van der Waals surface area contributed by atoms with Gasteiger partial charge in [-0.05, 0) is 23.8 Å². The Bertz CT molecular complexity index is 1070. The molecule has 1 saturated heterocycles. The Morgan fingerprint density at radius 1 is 1.04 bits per heavy atom. The first-order chi connectivity index (χ1) is 13.0. The van der Waals surface area contributed by atoms with Gasteiger partial charge in [-0.1, -0.05) is 37.2 Å². The van der Waals surface area contributed by atoms with Gasteiger partial charge >= 0.3 is 6.03 Å². The van der Waals surface area contributed by atoms with Gasteiger partial charge in [0.25, 0.3) is 5.91 Å². The molecule has 4 rings (SSSR count). The molecule has 0 unspecified atom stereocenters. The maximum Gasteiger partial charge on any atom is 0.325 e. The standard InChI is InChI=1S/C19H14ClF2N3O2.CH4/c20-16-14(22)6-5-12-11(8-23-17(12)16)7-15-18(26)25(19(27)24-15)9-10-3-1-2-4-13(10)21;/h1-6,8,15,23H,7,9H2,(H,24,27);1H4/t15-;/m1./s1. The second kappa shape index (κ2) is 7.59. The molecule has 5 nitrogen and oxygen atoms in total. The number of carbonyl (C=O) groups excluding carboxylic acids is 2. The third-order valence-electron chi connectivity index (χ3n) is 4.65. The van der Waals surface area contributed by atoms with E-state index in [9.17, 15) is 18.4 Å². The lowest BCUT2D eigenvalue weighted by molar-refractivity contribution is -0.127. The van der Waals surface area contributed by atoms with Gasteiger partial charge in [-0.15, -0.1) is 0 Å². The molecule has 2 N–H and O–H groups in total. The summed E-state index contributed by atoms with van der Waals surface area (Å²) in [6.45, 7) is -0.140. The van der Waals surface area contributed by atoms with Crippen molar-refractivity contribution in [3.63, 3.8) is 0 Å². The molecule has 0 aliphatic carbocycles. The van der Waals surface area contributed by atoms with Crippen LogP contribution < -0.4 is 5.32 Å². The molecule has 1 fully saturated rings. The third kappa shape index (κ3) is 3.33. The van der Waals surface area contributed by atoms with Crippen LogP contribution in [0.5, 0.6) is 0 Å². The number of carbonyl (C=O) groups is 2. The Labute approximate surface area is 165 Å². The number of aromatic amines is 1. The highest BCUT2D eigenvalue weighted by atomic mass is 35.5. The van der Waals surface area contributed by atoms with Crippen LogP contribution in [0.3, 0.4) is 0 Å². The zero-order valence-corrected chi connectivity index (χ0v) is 14.7. The van der Waals surface area contributed by atoms with Crippen LogP contribution in [0.2, 0.25) is 5.02 Å². The highest BCUT2D eigenvalue weighted by molar-refractivity contribution is 6.35. The van der Waals surface area contributed by atoms with Crippen molar-refractivity contribution < 1.29 is 18.4 Å². The molecule has 28 heavy (non-hydrogen) atoms. The van der Waals surface area contributed by atoms with Crippen molar-refractivity contribution in [1.29, 1.82) is 0 Å². The van der Waals surface area contributed by atoms with Gasteiger partial charge in [0.05, 0.1) is 12.1 Å². The second-order valence-electron chi connectivity index (χ2n) is 6.32. The van der Waals surface area contributed by atoms with Crippen LogP contribution in [0.25, 0.3) is 10.9 Å². The Kier molecular flexibility index (Phi) is 5.38. The average molecular weight is 406 g/mol. The Balaban J connectivity index is 0.00000225. The third-order valence-corrected chi connectivity index (χ3v) is 5.02. The van der Waals surface area contributed by atoms with Crippen LogP contribution in [-0.4, -0.2) is 27.9 Å². The number of hydrogen-bond donors (Lipinski definition) is 2. The summed E-state index contributed by atoms with van der Waals surface area (Å²) in [5.41, 5.74) is 1.42. The number of benzene rings is 2. The zero-order chi connectivity index (χ0) is 19.1. The first kappa shape index (κ1) is 19.8. The van der Waals surface area contributed by atoms with Gasteiger partial charge in [-0.3, -0.25) is 9.69 Å². The van der Waals surface area contributed by atoms with Gasteiger partial charge in [0.15, 0.2) is 0 Å². The molecule has 0 bridgehead atoms. The number of amides is 3. The smallest absolute Gasteiger partial charge is 0.325 e. The van der Waals surface area contributed by atoms with Gasteiger partial charge in [-0.2, -0.15) is 0 Å². The van der Waals surface area contributed by atoms with Crippen LogP contribution in [0, 0.1) is 11.6 Å². The van der Waals surface area contributed by atoms with E-state index in [1.807, 2.05) is 0 Å². The van der Waals surface area contributed by atoms with E-state index >= 15 is 0 Å². The minimum absolute atomic E-state index is 0. The van der Waals surface area contributed by atoms with E-state index in [0.717, 1.165) is 10.5 Å². The van der Waals surface area contributed by atoms with Gasteiger partial charge < -0.3 is 10.3 Å². The summed E-state index contributed by atoms with van der Waals surface area (Å²) < 4.78 is 27.4. The van der Waals surface area contributed by atoms with Crippen LogP contribution in [0.1, 0.15) is 18.6 Å². The van der Waals surface area contributed by atoms with Crippen molar-refractivity contribution in [3.8, 4) is 0 Å². The van der Waals surface area contributed by atoms with E-state index in [1.54, 1.807) is 24.4 Å². The van der Waals surface area contributed by atoms with E-state index in [0.29, 0.717) is 10.9 Å². The summed E-state index contributed by atoms with van der Waals surface area (Å²) in [6, 6.07) is 7.45. The summed E-state index contributed by atoms with van der Waals surface area (Å²) in [6.07, 6.45) is 1.84. The SMILES string of the molecule is C.O=C1N[C@H](Cc2c[nH]c3c(Cl)c(F)ccc23)C(=O)N1Cc1ccccc1F. The molecule has 8 heteroatoms. The number of nitrogens with zero attached hydrogens (tertiary/aromatic N) is 1. The molecule has 1 aromatic heterocycles. The van der Waals surface area contributed by atoms with Gasteiger partial charge in [0.1, 0.15) is 22.7 Å². The van der Waals surface area contributed by atoms with Crippen LogP contribution in [0.15, 0.2) is 42.6 Å². The normalized spacial score (nSPS) is 16.4. The summed E-state index contributed by atoms with van der Waals surface area (Å²) in [7, 11) is 0. The lowest BCUT2D eigenvalue weighted by atomic mass is 10.0. The number of H-pyrrole nitrogens is 1. The van der Waals surface area contributed by atoms with Crippen molar-refractivity contribution in [2.75, 3.05) is 0 Å². The topological polar surface area (TPSA) is 65.2 Å². The molecule has 0 radical (unpaired) electrons. The quantitative estimate of drug-likeness (QED) is 0.632. The van der Waals surface area contributed by atoms with E-state index in [-0.39, 0.29) is 31.0 Å². The Morgan fingerprint density at radius 3 is 2.54 bits per heavy atom. The molecule has 2 heterocycles. The predicted octanol–water partition coefficient (Wildman–Crippen LogP) is 4.40. The summed E-state index contributed by atoms with van der Waals surface area (Å²) >= 11 is 5.95. The number of nitrogens with one attached hydrogen (secondary N) is 2. The Morgan fingerprint density at radius 2 is 1.79 bits per heavy atom. The van der Waals surface area contributed by atoms with Gasteiger partial charge in [-0.25, -0.2) is 13.6 Å². The number of hydrogen-bond acceptors (Lipinski definition) is 2. The van der Waals surface area contributed by atoms with Crippen LogP contribution >= 0.6 is 11.6 Å². The maximum atomic E-state index is 13.8. The van der Waals surface area contributed by atoms with Crippen molar-refractivity contribution in [2.45, 2.75) is 26.4 Å². The van der Waals surface area contributed by atoms with Crippen molar-refractivity contribution in [3.05, 3.63) is 70.4 Å². The van der Waals surface area contributed by atoms with E-state index in [2.05, 4.69) is 10.3 Å². The number of aromatic nitrogens is 1. The fraction of sp³-hybridized carbons (Fsp3) is 0.200. The largest absolute Gasteiger partial charge is 0.360 e. The fourth-order valence-corrected chi connectivity index (χ4v) is 3.47. The van der Waals surface area contributed by atoms with Crippen molar-refractivity contribution in [1.82, 2.24) is 15.2 Å². The number of halogens is 3. The highest BCUT2D eigenvalue weighted by Crippen LogP contribution is 2.29. The first-order valence-corrected chi connectivity index (χ1v) is 8.62. The fourth-order valence-electron chi connectivity index (χ4n) is 3.25. The van der Waals surface area contributed by atoms with Crippen molar-refractivity contribution in [2.24, 2.45) is 0 Å². The number of imide groups is 1. The molecule has 1 atom stereocenters. The second-order valence-corrected chi connectivity index (χ2v) is 6.70. The Hall–Kier alpha value is -2.93. The molecule has 3 amide bonds.